The Morgan fingerprint density at radius 3 is 2.71 bits per heavy atom. The predicted molar refractivity (Wildman–Crippen MR) is 114 cm³/mol. The lowest BCUT2D eigenvalue weighted by Gasteiger charge is -2.10. The van der Waals surface area contributed by atoms with E-state index in [-0.39, 0.29) is 16.3 Å². The monoisotopic (exact) mass is 448 g/mol. The molecule has 1 aromatic heterocycles. The number of methoxy groups -OCH3 is 1. The van der Waals surface area contributed by atoms with E-state index in [2.05, 4.69) is 10.3 Å². The molecule has 0 saturated heterocycles. The van der Waals surface area contributed by atoms with Crippen LogP contribution in [0.25, 0.3) is 12.2 Å². The van der Waals surface area contributed by atoms with Crippen molar-refractivity contribution in [3.63, 3.8) is 0 Å². The smallest absolute Gasteiger partial charge is 0.257 e. The summed E-state index contributed by atoms with van der Waals surface area (Å²) < 4.78 is 51.1. The van der Waals surface area contributed by atoms with Crippen molar-refractivity contribution in [2.75, 3.05) is 25.6 Å². The zero-order chi connectivity index (χ0) is 22.2. The zero-order valence-electron chi connectivity index (χ0n) is 16.5. The summed E-state index contributed by atoms with van der Waals surface area (Å²) in [5, 5.41) is 2.12. The molecule has 3 aromatic rings. The minimum absolute atomic E-state index is 0.0654. The highest BCUT2D eigenvalue weighted by Gasteiger charge is 2.12. The Kier molecular flexibility index (Phi) is 7.80. The quantitative estimate of drug-likeness (QED) is 0.352. The van der Waals surface area contributed by atoms with Crippen molar-refractivity contribution in [3.05, 3.63) is 76.1 Å². The third-order valence-electron chi connectivity index (χ3n) is 4.06. The SMILES string of the molecule is COCCCOc1cc(/C=C/c2cc(F)ccc2F)cc(C(=O)Nc2ncc(F)s2)c1. The van der Waals surface area contributed by atoms with Gasteiger partial charge in [-0.3, -0.25) is 10.1 Å². The number of nitrogens with one attached hydrogen (secondary N) is 1. The molecule has 0 saturated carbocycles. The fraction of sp³-hybridized carbons (Fsp3) is 0.182. The average Bonchev–Trinajstić information content (AvgIpc) is 3.16. The van der Waals surface area contributed by atoms with Crippen LogP contribution in [0, 0.1) is 16.8 Å². The summed E-state index contributed by atoms with van der Waals surface area (Å²) in [5.41, 5.74) is 0.832. The molecule has 0 fully saturated rings. The van der Waals surface area contributed by atoms with Gasteiger partial charge in [0.15, 0.2) is 10.3 Å². The molecule has 0 aliphatic carbocycles. The van der Waals surface area contributed by atoms with Gasteiger partial charge >= 0.3 is 0 Å². The number of amides is 1. The number of nitrogens with zero attached hydrogens (tertiary/aromatic N) is 1. The van der Waals surface area contributed by atoms with Gasteiger partial charge in [-0.1, -0.05) is 23.5 Å². The van der Waals surface area contributed by atoms with Gasteiger partial charge in [-0.05, 0) is 42.0 Å². The number of carbonyl (C=O) groups excluding carboxylic acids is 1. The molecular formula is C22H19F3N2O3S. The zero-order valence-corrected chi connectivity index (χ0v) is 17.3. The average molecular weight is 448 g/mol. The maximum Gasteiger partial charge on any atom is 0.257 e. The molecule has 3 rings (SSSR count). The maximum absolute atomic E-state index is 13.9. The topological polar surface area (TPSA) is 60.5 Å². The van der Waals surface area contributed by atoms with Crippen LogP contribution in [0.5, 0.6) is 5.75 Å². The number of halogens is 3. The lowest BCUT2D eigenvalue weighted by molar-refractivity contribution is 0.102. The number of ether oxygens (including phenoxy) is 2. The normalized spacial score (nSPS) is 11.1. The molecule has 0 radical (unpaired) electrons. The van der Waals surface area contributed by atoms with E-state index < -0.39 is 22.7 Å². The van der Waals surface area contributed by atoms with Crippen molar-refractivity contribution in [2.24, 2.45) is 0 Å². The molecule has 2 aromatic carbocycles. The second-order valence-corrected chi connectivity index (χ2v) is 7.39. The first kappa shape index (κ1) is 22.5. The summed E-state index contributed by atoms with van der Waals surface area (Å²) in [4.78, 5) is 16.4. The first-order chi connectivity index (χ1) is 14.9. The Morgan fingerprint density at radius 2 is 1.97 bits per heavy atom. The highest BCUT2D eigenvalue weighted by atomic mass is 32.1. The predicted octanol–water partition coefficient (Wildman–Crippen LogP) is 5.40. The van der Waals surface area contributed by atoms with Crippen molar-refractivity contribution in [3.8, 4) is 5.75 Å². The number of thiazole rings is 1. The minimum Gasteiger partial charge on any atom is -0.493 e. The van der Waals surface area contributed by atoms with Gasteiger partial charge in [0.05, 0.1) is 12.8 Å². The number of hydrogen-bond donors (Lipinski definition) is 1. The number of rotatable bonds is 9. The summed E-state index contributed by atoms with van der Waals surface area (Å²) in [6.07, 6.45) is 4.60. The molecule has 1 N–H and O–H groups in total. The molecule has 5 nitrogen and oxygen atoms in total. The summed E-state index contributed by atoms with van der Waals surface area (Å²) in [6.45, 7) is 0.875. The number of anilines is 1. The molecule has 0 aliphatic heterocycles. The molecular weight excluding hydrogens is 429 g/mol. The van der Waals surface area contributed by atoms with E-state index in [1.165, 1.54) is 12.1 Å². The van der Waals surface area contributed by atoms with Crippen molar-refractivity contribution in [1.29, 1.82) is 0 Å². The summed E-state index contributed by atoms with van der Waals surface area (Å²) in [5.74, 6) is -1.24. The second-order valence-electron chi connectivity index (χ2n) is 6.41. The van der Waals surface area contributed by atoms with Gasteiger partial charge < -0.3 is 9.47 Å². The van der Waals surface area contributed by atoms with Crippen LogP contribution < -0.4 is 10.1 Å². The van der Waals surface area contributed by atoms with Gasteiger partial charge in [-0.15, -0.1) is 0 Å². The second kappa shape index (κ2) is 10.7. The van der Waals surface area contributed by atoms with Gasteiger partial charge in [0.1, 0.15) is 17.4 Å². The van der Waals surface area contributed by atoms with Gasteiger partial charge in [-0.2, -0.15) is 4.39 Å². The lowest BCUT2D eigenvalue weighted by atomic mass is 10.1. The summed E-state index contributed by atoms with van der Waals surface area (Å²) >= 11 is 0.703. The Bertz CT molecular complexity index is 1090. The summed E-state index contributed by atoms with van der Waals surface area (Å²) in [7, 11) is 1.58. The Labute approximate surface area is 181 Å². The Morgan fingerprint density at radius 1 is 1.13 bits per heavy atom. The molecule has 1 heterocycles. The van der Waals surface area contributed by atoms with Crippen LogP contribution in [-0.2, 0) is 4.74 Å². The number of carbonyl (C=O) groups is 1. The molecule has 0 spiro atoms. The van der Waals surface area contributed by atoms with Gasteiger partial charge in [0, 0.05) is 31.3 Å². The minimum atomic E-state index is -0.576. The van der Waals surface area contributed by atoms with E-state index in [9.17, 15) is 18.0 Å². The van der Waals surface area contributed by atoms with Crippen LogP contribution in [-0.4, -0.2) is 31.2 Å². The van der Waals surface area contributed by atoms with Crippen LogP contribution in [0.2, 0.25) is 0 Å². The molecule has 0 atom stereocenters. The fourth-order valence-electron chi connectivity index (χ4n) is 2.64. The third-order valence-corrected chi connectivity index (χ3v) is 4.77. The van der Waals surface area contributed by atoms with E-state index in [1.807, 2.05) is 0 Å². The van der Waals surface area contributed by atoms with Crippen LogP contribution in [0.1, 0.15) is 27.9 Å². The van der Waals surface area contributed by atoms with Crippen molar-refractivity contribution in [2.45, 2.75) is 6.42 Å². The first-order valence-corrected chi connectivity index (χ1v) is 10.1. The number of hydrogen-bond acceptors (Lipinski definition) is 5. The molecule has 0 bridgehead atoms. The van der Waals surface area contributed by atoms with E-state index in [0.29, 0.717) is 42.3 Å². The maximum atomic E-state index is 13.9. The van der Waals surface area contributed by atoms with Gasteiger partial charge in [-0.25, -0.2) is 13.8 Å². The summed E-state index contributed by atoms with van der Waals surface area (Å²) in [6, 6.07) is 7.89. The van der Waals surface area contributed by atoms with Crippen LogP contribution in [0.3, 0.4) is 0 Å². The Balaban J connectivity index is 1.85. The van der Waals surface area contributed by atoms with Crippen molar-refractivity contribution in [1.82, 2.24) is 4.98 Å². The number of benzene rings is 2. The standard InChI is InChI=1S/C22H19F3N2O3S/c1-29-7-2-8-30-18-10-14(3-4-15-11-17(23)5-6-19(15)24)9-16(12-18)21(28)27-22-26-13-20(25)31-22/h3-6,9-13H,2,7-8H2,1H3,(H,26,27,28)/b4-3+. The van der Waals surface area contributed by atoms with E-state index in [0.717, 1.165) is 24.4 Å². The highest BCUT2D eigenvalue weighted by Crippen LogP contribution is 2.23. The van der Waals surface area contributed by atoms with Crippen LogP contribution in [0.15, 0.2) is 42.6 Å². The molecule has 1 amide bonds. The van der Waals surface area contributed by atoms with Gasteiger partial charge in [0.25, 0.3) is 5.91 Å². The third kappa shape index (κ3) is 6.66. The fourth-order valence-corrected chi connectivity index (χ4v) is 3.18. The van der Waals surface area contributed by atoms with E-state index in [4.69, 9.17) is 9.47 Å². The molecule has 31 heavy (non-hydrogen) atoms. The molecule has 162 valence electrons. The van der Waals surface area contributed by atoms with Crippen molar-refractivity contribution < 1.29 is 27.4 Å². The van der Waals surface area contributed by atoms with E-state index in [1.54, 1.807) is 25.3 Å². The van der Waals surface area contributed by atoms with Crippen LogP contribution in [0.4, 0.5) is 18.3 Å². The lowest BCUT2D eigenvalue weighted by Crippen LogP contribution is -2.12. The Hall–Kier alpha value is -3.17. The van der Waals surface area contributed by atoms with Crippen molar-refractivity contribution >= 4 is 34.5 Å². The molecule has 9 heteroatoms. The van der Waals surface area contributed by atoms with E-state index >= 15 is 0 Å². The van der Waals surface area contributed by atoms with Gasteiger partial charge in [0.2, 0.25) is 0 Å². The number of aromatic nitrogens is 1. The highest BCUT2D eigenvalue weighted by molar-refractivity contribution is 7.14. The first-order valence-electron chi connectivity index (χ1n) is 9.27. The van der Waals surface area contributed by atoms with Crippen LogP contribution >= 0.6 is 11.3 Å². The molecule has 0 aliphatic rings. The largest absolute Gasteiger partial charge is 0.493 e. The molecule has 0 unspecified atom stereocenters.